The van der Waals surface area contributed by atoms with Crippen LogP contribution in [0.3, 0.4) is 0 Å². The summed E-state index contributed by atoms with van der Waals surface area (Å²) >= 11 is 0. The minimum absolute atomic E-state index is 0.161. The Morgan fingerprint density at radius 3 is 2.62 bits per heavy atom. The molecule has 0 saturated heterocycles. The third-order valence-electron chi connectivity index (χ3n) is 5.16. The van der Waals surface area contributed by atoms with Gasteiger partial charge in [-0.2, -0.15) is 5.10 Å². The van der Waals surface area contributed by atoms with Crippen LogP contribution in [0.2, 0.25) is 0 Å². The summed E-state index contributed by atoms with van der Waals surface area (Å²) in [6, 6.07) is 9.57. The van der Waals surface area contributed by atoms with Crippen molar-refractivity contribution in [1.82, 2.24) is 14.7 Å². The average molecular weight is 396 g/mol. The van der Waals surface area contributed by atoms with Crippen LogP contribution in [0.15, 0.2) is 34.7 Å². The Morgan fingerprint density at radius 1 is 1.17 bits per heavy atom. The average Bonchev–Trinajstić information content (AvgIpc) is 3.27. The molecule has 0 N–H and O–H groups in total. The predicted octanol–water partition coefficient (Wildman–Crippen LogP) is 4.58. The molecule has 3 rings (SSSR count). The van der Waals surface area contributed by atoms with Crippen LogP contribution in [0.5, 0.6) is 5.75 Å². The first-order valence-electron chi connectivity index (χ1n) is 9.87. The monoisotopic (exact) mass is 395 g/mol. The van der Waals surface area contributed by atoms with E-state index in [0.717, 1.165) is 40.4 Å². The summed E-state index contributed by atoms with van der Waals surface area (Å²) in [6.07, 6.45) is 0. The summed E-state index contributed by atoms with van der Waals surface area (Å²) in [4.78, 5) is 14.5. The van der Waals surface area contributed by atoms with Gasteiger partial charge in [0.2, 0.25) is 0 Å². The molecule has 0 aliphatic carbocycles. The highest BCUT2D eigenvalue weighted by atomic mass is 16.5. The Balaban J connectivity index is 1.65. The lowest BCUT2D eigenvalue weighted by Crippen LogP contribution is -2.26. The lowest BCUT2D eigenvalue weighted by Gasteiger charge is -2.16. The van der Waals surface area contributed by atoms with Crippen LogP contribution in [-0.2, 0) is 19.7 Å². The number of hydrogen-bond acceptors (Lipinski definition) is 4. The normalized spacial score (nSPS) is 11.0. The molecule has 0 saturated carbocycles. The van der Waals surface area contributed by atoms with Gasteiger partial charge < -0.3 is 14.1 Å². The Bertz CT molecular complexity index is 1020. The summed E-state index contributed by atoms with van der Waals surface area (Å²) in [5.74, 6) is 1.59. The minimum Gasteiger partial charge on any atom is -0.485 e. The van der Waals surface area contributed by atoms with Gasteiger partial charge in [0.15, 0.2) is 5.76 Å². The van der Waals surface area contributed by atoms with E-state index < -0.39 is 0 Å². The molecule has 0 fully saturated rings. The predicted molar refractivity (Wildman–Crippen MR) is 112 cm³/mol. The van der Waals surface area contributed by atoms with Gasteiger partial charge in [0.05, 0.1) is 5.69 Å². The lowest BCUT2D eigenvalue weighted by atomic mass is 10.1. The van der Waals surface area contributed by atoms with Gasteiger partial charge in [0.1, 0.15) is 18.1 Å². The number of rotatable bonds is 7. The molecule has 2 heterocycles. The quantitative estimate of drug-likeness (QED) is 0.587. The van der Waals surface area contributed by atoms with Crippen molar-refractivity contribution in [2.45, 2.75) is 54.3 Å². The first kappa shape index (κ1) is 20.7. The molecule has 154 valence electrons. The zero-order chi connectivity index (χ0) is 21.1. The van der Waals surface area contributed by atoms with E-state index in [2.05, 4.69) is 18.1 Å². The first-order chi connectivity index (χ1) is 13.8. The second kappa shape index (κ2) is 8.55. The summed E-state index contributed by atoms with van der Waals surface area (Å²) < 4.78 is 13.6. The highest BCUT2D eigenvalue weighted by Crippen LogP contribution is 2.22. The topological polar surface area (TPSA) is 60.5 Å². The molecule has 6 nitrogen and oxygen atoms in total. The number of ether oxygens (including phenoxy) is 1. The number of nitrogens with zero attached hydrogens (tertiary/aromatic N) is 3. The van der Waals surface area contributed by atoms with E-state index >= 15 is 0 Å². The number of hydrogen-bond donors (Lipinski definition) is 0. The Hall–Kier alpha value is -3.02. The number of furan rings is 1. The fourth-order valence-electron chi connectivity index (χ4n) is 3.35. The Labute approximate surface area is 172 Å². The molecule has 0 radical (unpaired) electrons. The molecule has 0 atom stereocenters. The molecule has 3 aromatic rings. The molecule has 0 aliphatic rings. The van der Waals surface area contributed by atoms with Crippen LogP contribution >= 0.6 is 0 Å². The van der Waals surface area contributed by atoms with Crippen molar-refractivity contribution in [2.75, 3.05) is 7.05 Å². The fraction of sp³-hybridized carbons (Fsp3) is 0.391. The molecule has 0 unspecified atom stereocenters. The molecule has 6 heteroatoms. The third-order valence-corrected chi connectivity index (χ3v) is 5.16. The highest BCUT2D eigenvalue weighted by Gasteiger charge is 2.20. The maximum Gasteiger partial charge on any atom is 0.289 e. The zero-order valence-electron chi connectivity index (χ0n) is 18.1. The van der Waals surface area contributed by atoms with E-state index in [9.17, 15) is 4.79 Å². The molecule has 1 aromatic carbocycles. The van der Waals surface area contributed by atoms with Crippen LogP contribution in [0, 0.1) is 27.7 Å². The number of carbonyl (C=O) groups excluding carboxylic acids is 1. The van der Waals surface area contributed by atoms with Crippen LogP contribution < -0.4 is 4.74 Å². The van der Waals surface area contributed by atoms with Gasteiger partial charge in [-0.1, -0.05) is 12.1 Å². The van der Waals surface area contributed by atoms with Gasteiger partial charge in [-0.05, 0) is 63.9 Å². The van der Waals surface area contributed by atoms with Gasteiger partial charge in [-0.3, -0.25) is 9.48 Å². The number of benzene rings is 1. The largest absolute Gasteiger partial charge is 0.485 e. The van der Waals surface area contributed by atoms with Gasteiger partial charge in [-0.25, -0.2) is 0 Å². The van der Waals surface area contributed by atoms with Crippen LogP contribution in [0.1, 0.15) is 51.3 Å². The fourth-order valence-corrected chi connectivity index (χ4v) is 3.35. The summed E-state index contributed by atoms with van der Waals surface area (Å²) in [7, 11) is 1.78. The molecule has 0 spiro atoms. The van der Waals surface area contributed by atoms with Gasteiger partial charge in [0, 0.05) is 31.4 Å². The van der Waals surface area contributed by atoms with Crippen molar-refractivity contribution in [1.29, 1.82) is 0 Å². The van der Waals surface area contributed by atoms with Gasteiger partial charge >= 0.3 is 0 Å². The lowest BCUT2D eigenvalue weighted by molar-refractivity contribution is 0.0749. The standard InChI is InChI=1S/C23H29N3O3/c1-7-26-18(5)20(17(4)24-26)13-25(6)23(27)21-11-10-19(29-21)14-28-22-12-15(2)8-9-16(22)3/h8-12H,7,13-14H2,1-6H3. The number of aryl methyl sites for hydroxylation is 4. The SMILES string of the molecule is CCn1nc(C)c(CN(C)C(=O)c2ccc(COc3cc(C)ccc3C)o2)c1C. The molecule has 0 aliphatic heterocycles. The van der Waals surface area contributed by atoms with E-state index in [0.29, 0.717) is 18.1 Å². The highest BCUT2D eigenvalue weighted by molar-refractivity contribution is 5.91. The van der Waals surface area contributed by atoms with Crippen LogP contribution in [0.25, 0.3) is 0 Å². The molecule has 1 amide bonds. The summed E-state index contributed by atoms with van der Waals surface area (Å²) in [6.45, 7) is 11.7. The second-order valence-electron chi connectivity index (χ2n) is 7.45. The molecular formula is C23H29N3O3. The van der Waals surface area contributed by atoms with Crippen LogP contribution in [0.4, 0.5) is 0 Å². The maximum absolute atomic E-state index is 12.8. The molecular weight excluding hydrogens is 366 g/mol. The van der Waals surface area contributed by atoms with Gasteiger partial charge in [-0.15, -0.1) is 0 Å². The smallest absolute Gasteiger partial charge is 0.289 e. The van der Waals surface area contributed by atoms with Crippen molar-refractivity contribution >= 4 is 5.91 Å². The zero-order valence-corrected chi connectivity index (χ0v) is 18.1. The van der Waals surface area contributed by atoms with Crippen molar-refractivity contribution < 1.29 is 13.9 Å². The van der Waals surface area contributed by atoms with Crippen molar-refractivity contribution in [3.8, 4) is 5.75 Å². The Morgan fingerprint density at radius 2 is 1.93 bits per heavy atom. The van der Waals surface area contributed by atoms with Crippen molar-refractivity contribution in [2.24, 2.45) is 0 Å². The van der Waals surface area contributed by atoms with E-state index in [1.807, 2.05) is 44.5 Å². The molecule has 29 heavy (non-hydrogen) atoms. The van der Waals surface area contributed by atoms with E-state index in [4.69, 9.17) is 9.15 Å². The summed E-state index contributed by atoms with van der Waals surface area (Å²) in [5.41, 5.74) is 5.32. The third kappa shape index (κ3) is 4.53. The van der Waals surface area contributed by atoms with Gasteiger partial charge in [0.25, 0.3) is 5.91 Å². The van der Waals surface area contributed by atoms with Crippen molar-refractivity contribution in [3.05, 3.63) is 69.9 Å². The Kier molecular flexibility index (Phi) is 6.11. The summed E-state index contributed by atoms with van der Waals surface area (Å²) in [5, 5.41) is 4.52. The molecule has 2 aromatic heterocycles. The number of aromatic nitrogens is 2. The second-order valence-corrected chi connectivity index (χ2v) is 7.45. The molecule has 0 bridgehead atoms. The number of amides is 1. The van der Waals surface area contributed by atoms with E-state index in [1.54, 1.807) is 24.1 Å². The van der Waals surface area contributed by atoms with E-state index in [-0.39, 0.29) is 12.5 Å². The van der Waals surface area contributed by atoms with E-state index in [1.165, 1.54) is 0 Å². The minimum atomic E-state index is -0.161. The van der Waals surface area contributed by atoms with Crippen molar-refractivity contribution in [3.63, 3.8) is 0 Å². The van der Waals surface area contributed by atoms with Crippen LogP contribution in [-0.4, -0.2) is 27.6 Å². The maximum atomic E-state index is 12.8. The number of carbonyl (C=O) groups is 1. The first-order valence-corrected chi connectivity index (χ1v) is 9.87.